The Hall–Kier alpha value is -1.13. The zero-order valence-electron chi connectivity index (χ0n) is 9.28. The molecule has 94 valence electrons. The highest BCUT2D eigenvalue weighted by molar-refractivity contribution is 7.47. The van der Waals surface area contributed by atoms with Gasteiger partial charge in [0.05, 0.1) is 13.2 Å². The molecule has 1 rings (SSSR count). The molecule has 0 radical (unpaired) electrons. The maximum atomic E-state index is 11.5. The van der Waals surface area contributed by atoms with Gasteiger partial charge < -0.3 is 9.63 Å². The Morgan fingerprint density at radius 3 is 2.76 bits per heavy atom. The lowest BCUT2D eigenvalue weighted by atomic mass is 10.1. The molecule has 0 saturated heterocycles. The van der Waals surface area contributed by atoms with Crippen LogP contribution in [0.2, 0.25) is 0 Å². The molecule has 2 N–H and O–H groups in total. The first kappa shape index (κ1) is 13.9. The minimum absolute atomic E-state index is 0.253. The third-order valence-corrected chi connectivity index (χ3v) is 2.83. The fraction of sp³-hybridized carbons (Fsp3) is 0.273. The zero-order valence-corrected chi connectivity index (χ0v) is 10.2. The number of hydrogen-bond acceptors (Lipinski definition) is 4. The first-order chi connectivity index (χ1) is 8.09. The molecule has 0 heterocycles. The summed E-state index contributed by atoms with van der Waals surface area (Å²) in [5.41, 5.74) is 0.740. The van der Waals surface area contributed by atoms with Crippen LogP contribution in [0, 0.1) is 0 Å². The molecule has 1 aromatic rings. The molecule has 0 spiro atoms. The Balaban J connectivity index is 2.79. The molecule has 0 aliphatic heterocycles. The van der Waals surface area contributed by atoms with Crippen molar-refractivity contribution in [3.8, 4) is 5.75 Å². The van der Waals surface area contributed by atoms with Gasteiger partial charge in [0.1, 0.15) is 5.75 Å². The molecular formula is C11H15O5P. The van der Waals surface area contributed by atoms with Crippen LogP contribution in [0.5, 0.6) is 5.75 Å². The summed E-state index contributed by atoms with van der Waals surface area (Å²) < 4.78 is 20.9. The quantitative estimate of drug-likeness (QED) is 0.577. The van der Waals surface area contributed by atoms with E-state index in [1.165, 1.54) is 0 Å². The Labute approximate surface area is 99.9 Å². The topological polar surface area (TPSA) is 76.0 Å². The van der Waals surface area contributed by atoms with Crippen molar-refractivity contribution < 1.29 is 23.6 Å². The smallest absolute Gasteiger partial charge is 0.404 e. The van der Waals surface area contributed by atoms with E-state index in [4.69, 9.17) is 9.63 Å². The van der Waals surface area contributed by atoms with Gasteiger partial charge in [0.25, 0.3) is 0 Å². The first-order valence-electron chi connectivity index (χ1n) is 5.05. The number of rotatable bonds is 7. The van der Waals surface area contributed by atoms with Crippen LogP contribution in [0.1, 0.15) is 5.56 Å². The standard InChI is InChI=1S/C11H15O5P/c1-2-5-10-6-3-4-7-11(10)16-17(13,14)15-9-8-12/h2-4,6-7,12H,1,5,8-9H2,(H,13,14). The first-order valence-corrected chi connectivity index (χ1v) is 6.55. The van der Waals surface area contributed by atoms with Crippen molar-refractivity contribution in [3.05, 3.63) is 42.5 Å². The van der Waals surface area contributed by atoms with E-state index in [1.54, 1.807) is 30.3 Å². The van der Waals surface area contributed by atoms with Crippen molar-refractivity contribution >= 4 is 7.82 Å². The molecule has 6 heteroatoms. The van der Waals surface area contributed by atoms with Crippen LogP contribution in [-0.2, 0) is 15.5 Å². The Morgan fingerprint density at radius 2 is 2.12 bits per heavy atom. The molecule has 1 aromatic carbocycles. The van der Waals surface area contributed by atoms with Crippen molar-refractivity contribution in [1.29, 1.82) is 0 Å². The van der Waals surface area contributed by atoms with E-state index >= 15 is 0 Å². The lowest BCUT2D eigenvalue weighted by Crippen LogP contribution is -2.03. The number of benzene rings is 1. The lowest BCUT2D eigenvalue weighted by molar-refractivity contribution is 0.155. The van der Waals surface area contributed by atoms with Crippen LogP contribution in [0.15, 0.2) is 36.9 Å². The molecular weight excluding hydrogens is 243 g/mol. The predicted molar refractivity (Wildman–Crippen MR) is 63.8 cm³/mol. The van der Waals surface area contributed by atoms with Gasteiger partial charge in [-0.15, -0.1) is 6.58 Å². The highest BCUT2D eigenvalue weighted by atomic mass is 31.2. The van der Waals surface area contributed by atoms with Crippen LogP contribution in [0.3, 0.4) is 0 Å². The van der Waals surface area contributed by atoms with Gasteiger partial charge in [0.15, 0.2) is 0 Å². The van der Waals surface area contributed by atoms with Crippen LogP contribution in [0.25, 0.3) is 0 Å². The van der Waals surface area contributed by atoms with Gasteiger partial charge in [-0.25, -0.2) is 4.57 Å². The van der Waals surface area contributed by atoms with Gasteiger partial charge in [-0.2, -0.15) is 0 Å². The molecule has 0 amide bonds. The van der Waals surface area contributed by atoms with E-state index in [0.717, 1.165) is 5.56 Å². The molecule has 0 aliphatic carbocycles. The van der Waals surface area contributed by atoms with Crippen LogP contribution < -0.4 is 4.52 Å². The van der Waals surface area contributed by atoms with E-state index in [1.807, 2.05) is 0 Å². The average Bonchev–Trinajstić information content (AvgIpc) is 2.29. The summed E-state index contributed by atoms with van der Waals surface area (Å²) in [6.07, 6.45) is 2.19. The molecule has 1 unspecified atom stereocenters. The van der Waals surface area contributed by atoms with E-state index < -0.39 is 7.82 Å². The van der Waals surface area contributed by atoms with Gasteiger partial charge in [0.2, 0.25) is 0 Å². The normalized spacial score (nSPS) is 14.0. The van der Waals surface area contributed by atoms with Gasteiger partial charge in [-0.1, -0.05) is 24.3 Å². The third kappa shape index (κ3) is 4.71. The Kier molecular flexibility index (Phi) is 5.38. The second-order valence-electron chi connectivity index (χ2n) is 3.22. The fourth-order valence-corrected chi connectivity index (χ4v) is 2.02. The molecule has 1 atom stereocenters. The van der Waals surface area contributed by atoms with Crippen molar-refractivity contribution in [3.63, 3.8) is 0 Å². The third-order valence-electron chi connectivity index (χ3n) is 1.90. The van der Waals surface area contributed by atoms with E-state index in [9.17, 15) is 9.46 Å². The van der Waals surface area contributed by atoms with Crippen molar-refractivity contribution in [1.82, 2.24) is 0 Å². The number of aliphatic hydroxyl groups excluding tert-OH is 1. The van der Waals surface area contributed by atoms with Crippen LogP contribution in [-0.4, -0.2) is 23.2 Å². The molecule has 0 aromatic heterocycles. The number of phosphoric acid groups is 1. The number of hydrogen-bond donors (Lipinski definition) is 2. The maximum absolute atomic E-state index is 11.5. The summed E-state index contributed by atoms with van der Waals surface area (Å²) in [5, 5.41) is 8.51. The molecule has 17 heavy (non-hydrogen) atoms. The fourth-order valence-electron chi connectivity index (χ4n) is 1.22. The highest BCUT2D eigenvalue weighted by Gasteiger charge is 2.23. The number of para-hydroxylation sites is 1. The van der Waals surface area contributed by atoms with Crippen LogP contribution in [0.4, 0.5) is 0 Å². The van der Waals surface area contributed by atoms with E-state index in [0.29, 0.717) is 6.42 Å². The lowest BCUT2D eigenvalue weighted by Gasteiger charge is -2.14. The molecule has 0 fully saturated rings. The van der Waals surface area contributed by atoms with Gasteiger partial charge >= 0.3 is 7.82 Å². The number of aliphatic hydroxyl groups is 1. The summed E-state index contributed by atoms with van der Waals surface area (Å²) in [5.74, 6) is 0.274. The van der Waals surface area contributed by atoms with E-state index in [2.05, 4.69) is 11.1 Å². The summed E-state index contributed by atoms with van der Waals surface area (Å²) in [7, 11) is -4.18. The largest absolute Gasteiger partial charge is 0.527 e. The second-order valence-corrected chi connectivity index (χ2v) is 4.60. The maximum Gasteiger partial charge on any atom is 0.527 e. The van der Waals surface area contributed by atoms with Crippen molar-refractivity contribution in [2.24, 2.45) is 0 Å². The average molecular weight is 258 g/mol. The molecule has 0 aliphatic rings. The SMILES string of the molecule is C=CCc1ccccc1OP(=O)(O)OCCO. The predicted octanol–water partition coefficient (Wildman–Crippen LogP) is 1.90. The summed E-state index contributed by atoms with van der Waals surface area (Å²) in [4.78, 5) is 9.37. The van der Waals surface area contributed by atoms with Crippen molar-refractivity contribution in [2.45, 2.75) is 6.42 Å². The molecule has 0 bridgehead atoms. The van der Waals surface area contributed by atoms with Crippen molar-refractivity contribution in [2.75, 3.05) is 13.2 Å². The monoisotopic (exact) mass is 258 g/mol. The summed E-state index contributed by atoms with van der Waals surface area (Å²) in [6, 6.07) is 6.82. The number of phosphoric ester groups is 1. The van der Waals surface area contributed by atoms with Crippen LogP contribution >= 0.6 is 7.82 Å². The van der Waals surface area contributed by atoms with Gasteiger partial charge in [0, 0.05) is 0 Å². The van der Waals surface area contributed by atoms with Gasteiger partial charge in [-0.05, 0) is 18.1 Å². The minimum Gasteiger partial charge on any atom is -0.404 e. The summed E-state index contributed by atoms with van der Waals surface area (Å²) in [6.45, 7) is 2.99. The number of allylic oxidation sites excluding steroid dienone is 1. The second kappa shape index (κ2) is 6.57. The van der Waals surface area contributed by atoms with E-state index in [-0.39, 0.29) is 19.0 Å². The molecule has 5 nitrogen and oxygen atoms in total. The Morgan fingerprint density at radius 1 is 1.41 bits per heavy atom. The zero-order chi connectivity index (χ0) is 12.7. The summed E-state index contributed by atoms with van der Waals surface area (Å²) >= 11 is 0. The van der Waals surface area contributed by atoms with Gasteiger partial charge in [-0.3, -0.25) is 9.42 Å². The molecule has 0 saturated carbocycles. The minimum atomic E-state index is -4.18. The Bertz CT molecular complexity index is 418. The highest BCUT2D eigenvalue weighted by Crippen LogP contribution is 2.44.